The van der Waals surface area contributed by atoms with Gasteiger partial charge in [-0.05, 0) is 18.8 Å². The van der Waals surface area contributed by atoms with Crippen LogP contribution in [0.15, 0.2) is 17.2 Å². The standard InChI is InChI=1S/C12H18N4O2/c13-5-9(8-3-1-2-4-8)16-12(18)10-6-15-11(17)7-14-10/h6-9H,1-5,13H2,(H,15,17)(H,16,18). The van der Waals surface area contributed by atoms with Crippen LogP contribution in [0.2, 0.25) is 0 Å². The Balaban J connectivity index is 2.00. The Morgan fingerprint density at radius 2 is 2.28 bits per heavy atom. The van der Waals surface area contributed by atoms with Crippen molar-refractivity contribution in [1.82, 2.24) is 15.3 Å². The number of nitrogens with zero attached hydrogens (tertiary/aromatic N) is 1. The molecule has 0 bridgehead atoms. The number of hydrogen-bond acceptors (Lipinski definition) is 4. The minimum absolute atomic E-state index is 0.00581. The van der Waals surface area contributed by atoms with Crippen LogP contribution < -0.4 is 16.6 Å². The molecule has 1 heterocycles. The number of aromatic nitrogens is 2. The molecule has 18 heavy (non-hydrogen) atoms. The molecule has 0 aliphatic heterocycles. The molecule has 6 nitrogen and oxygen atoms in total. The molecule has 1 aromatic heterocycles. The molecule has 0 spiro atoms. The van der Waals surface area contributed by atoms with Gasteiger partial charge in [-0.15, -0.1) is 0 Å². The number of rotatable bonds is 4. The zero-order valence-electron chi connectivity index (χ0n) is 10.2. The van der Waals surface area contributed by atoms with Gasteiger partial charge >= 0.3 is 0 Å². The molecular weight excluding hydrogens is 232 g/mol. The average molecular weight is 250 g/mol. The second-order valence-electron chi connectivity index (χ2n) is 4.66. The lowest BCUT2D eigenvalue weighted by atomic mass is 9.98. The number of amides is 1. The molecular formula is C12H18N4O2. The lowest BCUT2D eigenvalue weighted by molar-refractivity contribution is 0.0918. The molecule has 0 saturated heterocycles. The minimum atomic E-state index is -0.322. The highest BCUT2D eigenvalue weighted by Crippen LogP contribution is 2.27. The third-order valence-electron chi connectivity index (χ3n) is 3.44. The van der Waals surface area contributed by atoms with E-state index in [1.807, 2.05) is 0 Å². The summed E-state index contributed by atoms with van der Waals surface area (Å²) < 4.78 is 0. The summed E-state index contributed by atoms with van der Waals surface area (Å²) in [7, 11) is 0. The van der Waals surface area contributed by atoms with E-state index in [4.69, 9.17) is 5.73 Å². The zero-order valence-corrected chi connectivity index (χ0v) is 10.2. The molecule has 1 aliphatic rings. The van der Waals surface area contributed by atoms with Crippen LogP contribution in [-0.4, -0.2) is 28.5 Å². The predicted octanol–water partition coefficient (Wildman–Crippen LogP) is 0.0172. The Morgan fingerprint density at radius 3 is 2.83 bits per heavy atom. The highest BCUT2D eigenvalue weighted by atomic mass is 16.2. The summed E-state index contributed by atoms with van der Waals surface area (Å²) in [5.74, 6) is 0.176. The molecule has 98 valence electrons. The normalized spacial score (nSPS) is 17.6. The number of carbonyl (C=O) groups is 1. The van der Waals surface area contributed by atoms with Crippen LogP contribution in [-0.2, 0) is 0 Å². The van der Waals surface area contributed by atoms with Gasteiger partial charge < -0.3 is 16.0 Å². The van der Waals surface area contributed by atoms with E-state index in [2.05, 4.69) is 15.3 Å². The summed E-state index contributed by atoms with van der Waals surface area (Å²) in [5.41, 5.74) is 5.60. The summed E-state index contributed by atoms with van der Waals surface area (Å²) in [6, 6.07) is -0.00581. The van der Waals surface area contributed by atoms with Crippen molar-refractivity contribution in [3.63, 3.8) is 0 Å². The molecule has 1 atom stereocenters. The number of aromatic amines is 1. The Kier molecular flexibility index (Phi) is 4.09. The van der Waals surface area contributed by atoms with Gasteiger partial charge in [0.15, 0.2) is 0 Å². The summed E-state index contributed by atoms with van der Waals surface area (Å²) in [4.78, 5) is 29.0. The maximum atomic E-state index is 11.9. The Bertz CT molecular complexity index is 445. The fourth-order valence-corrected chi connectivity index (χ4v) is 2.44. The van der Waals surface area contributed by atoms with Crippen LogP contribution in [0.5, 0.6) is 0 Å². The van der Waals surface area contributed by atoms with Crippen molar-refractivity contribution in [3.8, 4) is 0 Å². The molecule has 1 fully saturated rings. The van der Waals surface area contributed by atoms with E-state index in [9.17, 15) is 9.59 Å². The number of nitrogens with two attached hydrogens (primary N) is 1. The van der Waals surface area contributed by atoms with E-state index in [0.29, 0.717) is 12.5 Å². The highest BCUT2D eigenvalue weighted by Gasteiger charge is 2.25. The van der Waals surface area contributed by atoms with Crippen molar-refractivity contribution in [3.05, 3.63) is 28.4 Å². The molecule has 0 aromatic carbocycles. The first-order valence-electron chi connectivity index (χ1n) is 6.26. The Morgan fingerprint density at radius 1 is 1.56 bits per heavy atom. The molecule has 2 rings (SSSR count). The monoisotopic (exact) mass is 250 g/mol. The van der Waals surface area contributed by atoms with Crippen molar-refractivity contribution in [1.29, 1.82) is 0 Å². The topological polar surface area (TPSA) is 101 Å². The smallest absolute Gasteiger partial charge is 0.271 e. The molecule has 1 saturated carbocycles. The van der Waals surface area contributed by atoms with Crippen LogP contribution >= 0.6 is 0 Å². The summed E-state index contributed by atoms with van der Waals surface area (Å²) in [6.07, 6.45) is 7.05. The number of carbonyl (C=O) groups excluding carboxylic acids is 1. The van der Waals surface area contributed by atoms with Gasteiger partial charge in [0.1, 0.15) is 5.69 Å². The van der Waals surface area contributed by atoms with E-state index in [0.717, 1.165) is 19.0 Å². The molecule has 4 N–H and O–H groups in total. The van der Waals surface area contributed by atoms with Crippen LogP contribution in [0.4, 0.5) is 0 Å². The quantitative estimate of drug-likeness (QED) is 0.701. The fraction of sp³-hybridized carbons (Fsp3) is 0.583. The van der Waals surface area contributed by atoms with Crippen molar-refractivity contribution in [2.45, 2.75) is 31.7 Å². The number of nitrogens with one attached hydrogen (secondary N) is 2. The number of H-pyrrole nitrogens is 1. The summed E-state index contributed by atoms with van der Waals surface area (Å²) in [5, 5.41) is 2.90. The van der Waals surface area contributed by atoms with Crippen molar-refractivity contribution in [2.75, 3.05) is 6.54 Å². The van der Waals surface area contributed by atoms with Gasteiger partial charge in [-0.1, -0.05) is 12.8 Å². The SMILES string of the molecule is NCC(NC(=O)c1c[nH]c(=O)cn1)C1CCCC1. The second-order valence-corrected chi connectivity index (χ2v) is 4.66. The van der Waals surface area contributed by atoms with Crippen molar-refractivity contribution in [2.24, 2.45) is 11.7 Å². The lowest BCUT2D eigenvalue weighted by Gasteiger charge is -2.22. The van der Waals surface area contributed by atoms with Gasteiger partial charge in [-0.2, -0.15) is 0 Å². The van der Waals surface area contributed by atoms with Crippen molar-refractivity contribution < 1.29 is 4.79 Å². The van der Waals surface area contributed by atoms with Crippen molar-refractivity contribution >= 4 is 5.91 Å². The average Bonchev–Trinajstić information content (AvgIpc) is 2.90. The highest BCUT2D eigenvalue weighted by molar-refractivity contribution is 5.92. The molecule has 0 radical (unpaired) electrons. The van der Waals surface area contributed by atoms with E-state index in [1.54, 1.807) is 0 Å². The molecule has 1 aliphatic carbocycles. The number of hydrogen-bond donors (Lipinski definition) is 3. The van der Waals surface area contributed by atoms with Gasteiger partial charge in [0, 0.05) is 18.8 Å². The van der Waals surface area contributed by atoms with Crippen LogP contribution in [0.25, 0.3) is 0 Å². The second kappa shape index (κ2) is 5.77. The first-order chi connectivity index (χ1) is 8.70. The minimum Gasteiger partial charge on any atom is -0.346 e. The van der Waals surface area contributed by atoms with E-state index in [-0.39, 0.29) is 23.2 Å². The maximum absolute atomic E-state index is 11.9. The molecule has 6 heteroatoms. The Hall–Kier alpha value is -1.69. The van der Waals surface area contributed by atoms with Crippen LogP contribution in [0.3, 0.4) is 0 Å². The Labute approximate surface area is 105 Å². The van der Waals surface area contributed by atoms with Gasteiger partial charge in [0.05, 0.1) is 6.20 Å². The first-order valence-corrected chi connectivity index (χ1v) is 6.26. The van der Waals surface area contributed by atoms with E-state index < -0.39 is 0 Å². The molecule has 1 aromatic rings. The summed E-state index contributed by atoms with van der Waals surface area (Å²) in [6.45, 7) is 0.430. The predicted molar refractivity (Wildman–Crippen MR) is 67.1 cm³/mol. The van der Waals surface area contributed by atoms with Gasteiger partial charge in [-0.3, -0.25) is 9.59 Å². The maximum Gasteiger partial charge on any atom is 0.271 e. The summed E-state index contributed by atoms with van der Waals surface area (Å²) >= 11 is 0. The van der Waals surface area contributed by atoms with Gasteiger partial charge in [-0.25, -0.2) is 4.98 Å². The van der Waals surface area contributed by atoms with Gasteiger partial charge in [0.25, 0.3) is 11.5 Å². The van der Waals surface area contributed by atoms with E-state index in [1.165, 1.54) is 19.0 Å². The van der Waals surface area contributed by atoms with Crippen LogP contribution in [0, 0.1) is 5.92 Å². The fourth-order valence-electron chi connectivity index (χ4n) is 2.44. The van der Waals surface area contributed by atoms with Gasteiger partial charge in [0.2, 0.25) is 0 Å². The molecule has 1 amide bonds. The van der Waals surface area contributed by atoms with Crippen LogP contribution in [0.1, 0.15) is 36.2 Å². The largest absolute Gasteiger partial charge is 0.346 e. The third-order valence-corrected chi connectivity index (χ3v) is 3.44. The van der Waals surface area contributed by atoms with E-state index >= 15 is 0 Å². The third kappa shape index (κ3) is 2.95. The zero-order chi connectivity index (χ0) is 13.0. The lowest BCUT2D eigenvalue weighted by Crippen LogP contribution is -2.45. The molecule has 1 unspecified atom stereocenters. The first kappa shape index (κ1) is 12.8.